The number of ether oxygens (including phenoxy) is 1. The zero-order valence-electron chi connectivity index (χ0n) is 14.9. The highest BCUT2D eigenvalue weighted by Gasteiger charge is 2.41. The molecule has 1 atom stereocenters. The lowest BCUT2D eigenvalue weighted by Gasteiger charge is -2.42. The van der Waals surface area contributed by atoms with E-state index in [0.29, 0.717) is 42.4 Å². The fourth-order valence-electron chi connectivity index (χ4n) is 3.82. The molecule has 0 unspecified atom stereocenters. The molecular weight excluding hydrogens is 364 g/mol. The second-order valence-corrected chi connectivity index (χ2v) is 7.63. The Morgan fingerprint density at radius 1 is 1.22 bits per heavy atom. The molecule has 1 fully saturated rings. The summed E-state index contributed by atoms with van der Waals surface area (Å²) in [6, 6.07) is 14.6. The van der Waals surface area contributed by atoms with Gasteiger partial charge >= 0.3 is 0 Å². The van der Waals surface area contributed by atoms with Gasteiger partial charge in [0, 0.05) is 11.6 Å². The molecule has 2 heterocycles. The van der Waals surface area contributed by atoms with Gasteiger partial charge in [-0.1, -0.05) is 35.9 Å². The van der Waals surface area contributed by atoms with Crippen LogP contribution in [0, 0.1) is 0 Å². The first-order valence-corrected chi connectivity index (χ1v) is 9.51. The monoisotopic (exact) mass is 384 g/mol. The van der Waals surface area contributed by atoms with Crippen molar-refractivity contribution in [2.45, 2.75) is 24.9 Å². The molecule has 5 nitrogen and oxygen atoms in total. The smallest absolute Gasteiger partial charge is 0.255 e. The van der Waals surface area contributed by atoms with E-state index in [1.54, 1.807) is 12.1 Å². The molecule has 27 heavy (non-hydrogen) atoms. The van der Waals surface area contributed by atoms with E-state index in [0.717, 1.165) is 18.4 Å². The lowest BCUT2D eigenvalue weighted by molar-refractivity contribution is -0.136. The molecule has 6 heteroatoms. The second kappa shape index (κ2) is 7.24. The minimum absolute atomic E-state index is 0.0452. The SMILES string of the molecule is O=C1NC[C@]2(CCCN(C(=O)Cc3cccc(Cl)c3)C2)Oc2ccccc21. The molecule has 0 bridgehead atoms. The number of para-hydroxylation sites is 1. The summed E-state index contributed by atoms with van der Waals surface area (Å²) in [6.07, 6.45) is 1.93. The van der Waals surface area contributed by atoms with E-state index >= 15 is 0 Å². The zero-order chi connectivity index (χ0) is 18.9. The minimum atomic E-state index is -0.593. The summed E-state index contributed by atoms with van der Waals surface area (Å²) in [7, 11) is 0. The molecule has 0 aromatic heterocycles. The van der Waals surface area contributed by atoms with Crippen molar-refractivity contribution in [1.29, 1.82) is 0 Å². The fourth-order valence-corrected chi connectivity index (χ4v) is 4.03. The molecule has 1 N–H and O–H groups in total. The van der Waals surface area contributed by atoms with Gasteiger partial charge in [-0.05, 0) is 42.7 Å². The van der Waals surface area contributed by atoms with Gasteiger partial charge in [0.15, 0.2) is 0 Å². The number of carbonyl (C=O) groups excluding carboxylic acids is 2. The molecule has 2 aliphatic rings. The van der Waals surface area contributed by atoms with Crippen LogP contribution in [0.15, 0.2) is 48.5 Å². The van der Waals surface area contributed by atoms with Crippen molar-refractivity contribution in [1.82, 2.24) is 10.2 Å². The quantitative estimate of drug-likeness (QED) is 0.865. The van der Waals surface area contributed by atoms with Crippen LogP contribution in [0.5, 0.6) is 5.75 Å². The molecule has 2 aliphatic heterocycles. The molecule has 140 valence electrons. The van der Waals surface area contributed by atoms with E-state index in [-0.39, 0.29) is 11.8 Å². The Morgan fingerprint density at radius 3 is 2.93 bits per heavy atom. The largest absolute Gasteiger partial charge is 0.483 e. The highest BCUT2D eigenvalue weighted by Crippen LogP contribution is 2.32. The van der Waals surface area contributed by atoms with Gasteiger partial charge in [0.05, 0.1) is 25.1 Å². The van der Waals surface area contributed by atoms with E-state index in [1.165, 1.54) is 0 Å². The van der Waals surface area contributed by atoms with Gasteiger partial charge in [-0.2, -0.15) is 0 Å². The lowest BCUT2D eigenvalue weighted by Crippen LogP contribution is -2.58. The number of halogens is 1. The maximum Gasteiger partial charge on any atom is 0.255 e. The number of benzene rings is 2. The third-order valence-electron chi connectivity index (χ3n) is 5.17. The Labute approximate surface area is 163 Å². The predicted molar refractivity (Wildman–Crippen MR) is 103 cm³/mol. The summed E-state index contributed by atoms with van der Waals surface area (Å²) in [6.45, 7) is 1.54. The number of nitrogens with zero attached hydrogens (tertiary/aromatic N) is 1. The standard InChI is InChI=1S/C21H21ClN2O3/c22-16-6-3-5-15(11-16)12-19(25)24-10-4-9-21(14-24)13-23-20(26)17-7-1-2-8-18(17)27-21/h1-3,5-8,11H,4,9-10,12-14H2,(H,23,26)/t21-/m0/s1. The van der Waals surface area contributed by atoms with Crippen molar-refractivity contribution in [2.24, 2.45) is 0 Å². The van der Waals surface area contributed by atoms with Crippen LogP contribution in [0.25, 0.3) is 0 Å². The molecule has 0 aliphatic carbocycles. The molecule has 2 amide bonds. The number of hydrogen-bond acceptors (Lipinski definition) is 3. The normalized spacial score (nSPS) is 21.8. The summed E-state index contributed by atoms with van der Waals surface area (Å²) < 4.78 is 6.31. The molecule has 2 aromatic carbocycles. The average Bonchev–Trinajstić information content (AvgIpc) is 2.79. The van der Waals surface area contributed by atoms with Crippen molar-refractivity contribution in [3.05, 3.63) is 64.7 Å². The number of fused-ring (bicyclic) bond motifs is 1. The molecule has 1 spiro atoms. The van der Waals surface area contributed by atoms with E-state index in [2.05, 4.69) is 5.32 Å². The number of hydrogen-bond donors (Lipinski definition) is 1. The van der Waals surface area contributed by atoms with Gasteiger partial charge in [0.25, 0.3) is 5.91 Å². The zero-order valence-corrected chi connectivity index (χ0v) is 15.7. The first kappa shape index (κ1) is 17.9. The van der Waals surface area contributed by atoms with Crippen LogP contribution in [0.2, 0.25) is 5.02 Å². The third-order valence-corrected chi connectivity index (χ3v) is 5.40. The van der Waals surface area contributed by atoms with Gasteiger partial charge in [-0.3, -0.25) is 9.59 Å². The fraction of sp³-hybridized carbons (Fsp3) is 0.333. The second-order valence-electron chi connectivity index (χ2n) is 7.19. The Bertz CT molecular complexity index is 885. The van der Waals surface area contributed by atoms with Crippen LogP contribution in [-0.4, -0.2) is 41.9 Å². The maximum atomic E-state index is 12.8. The molecule has 0 saturated carbocycles. The predicted octanol–water partition coefficient (Wildman–Crippen LogP) is 3.07. The number of rotatable bonds is 2. The van der Waals surface area contributed by atoms with E-state index in [4.69, 9.17) is 16.3 Å². The Kier molecular flexibility index (Phi) is 4.79. The number of likely N-dealkylation sites (tertiary alicyclic amines) is 1. The first-order chi connectivity index (χ1) is 13.0. The number of nitrogens with one attached hydrogen (secondary N) is 1. The maximum absolute atomic E-state index is 12.8. The number of amides is 2. The highest BCUT2D eigenvalue weighted by molar-refractivity contribution is 6.30. The van der Waals surface area contributed by atoms with Crippen molar-refractivity contribution >= 4 is 23.4 Å². The van der Waals surface area contributed by atoms with Crippen molar-refractivity contribution < 1.29 is 14.3 Å². The van der Waals surface area contributed by atoms with Gasteiger partial charge in [0.1, 0.15) is 11.4 Å². The summed E-state index contributed by atoms with van der Waals surface area (Å²) in [4.78, 5) is 27.0. The Hall–Kier alpha value is -2.53. The highest BCUT2D eigenvalue weighted by atomic mass is 35.5. The van der Waals surface area contributed by atoms with Crippen LogP contribution < -0.4 is 10.1 Å². The minimum Gasteiger partial charge on any atom is -0.483 e. The van der Waals surface area contributed by atoms with Crippen molar-refractivity contribution in [3.63, 3.8) is 0 Å². The van der Waals surface area contributed by atoms with Gasteiger partial charge < -0.3 is 15.0 Å². The van der Waals surface area contributed by atoms with Crippen LogP contribution in [0.4, 0.5) is 0 Å². The van der Waals surface area contributed by atoms with Crippen molar-refractivity contribution in [2.75, 3.05) is 19.6 Å². The molecule has 2 aromatic rings. The van der Waals surface area contributed by atoms with E-state index in [1.807, 2.05) is 41.3 Å². The molecule has 1 saturated heterocycles. The summed E-state index contributed by atoms with van der Waals surface area (Å²) >= 11 is 6.03. The first-order valence-electron chi connectivity index (χ1n) is 9.13. The summed E-state index contributed by atoms with van der Waals surface area (Å²) in [5, 5.41) is 3.59. The van der Waals surface area contributed by atoms with Gasteiger partial charge in [-0.15, -0.1) is 0 Å². The van der Waals surface area contributed by atoms with Crippen LogP contribution in [-0.2, 0) is 11.2 Å². The van der Waals surface area contributed by atoms with Gasteiger partial charge in [0.2, 0.25) is 5.91 Å². The topological polar surface area (TPSA) is 58.6 Å². The molecule has 4 rings (SSSR count). The van der Waals surface area contributed by atoms with Gasteiger partial charge in [-0.25, -0.2) is 0 Å². The van der Waals surface area contributed by atoms with E-state index in [9.17, 15) is 9.59 Å². The van der Waals surface area contributed by atoms with Crippen LogP contribution in [0.3, 0.4) is 0 Å². The summed E-state index contributed by atoms with van der Waals surface area (Å²) in [5.74, 6) is 0.491. The molecule has 0 radical (unpaired) electrons. The molecular formula is C21H21ClN2O3. The Morgan fingerprint density at radius 2 is 2.07 bits per heavy atom. The van der Waals surface area contributed by atoms with Crippen LogP contribution in [0.1, 0.15) is 28.8 Å². The average molecular weight is 385 g/mol. The number of carbonyl (C=O) groups is 2. The number of piperidine rings is 1. The Balaban J connectivity index is 1.52. The summed E-state index contributed by atoms with van der Waals surface area (Å²) in [5.41, 5.74) is 0.842. The van der Waals surface area contributed by atoms with Crippen molar-refractivity contribution in [3.8, 4) is 5.75 Å². The lowest BCUT2D eigenvalue weighted by atomic mass is 9.92. The van der Waals surface area contributed by atoms with Crippen LogP contribution >= 0.6 is 11.6 Å². The third kappa shape index (κ3) is 3.78. The van der Waals surface area contributed by atoms with E-state index < -0.39 is 5.60 Å².